The number of pyridine rings is 1. The van der Waals surface area contributed by atoms with E-state index in [1.165, 1.54) is 0 Å². The lowest BCUT2D eigenvalue weighted by Gasteiger charge is -2.15. The minimum absolute atomic E-state index is 0.102. The Balaban J connectivity index is 2.30. The fraction of sp³-hybridized carbons (Fsp3) is 0.455. The Morgan fingerprint density at radius 2 is 2.16 bits per heavy atom. The van der Waals surface area contributed by atoms with Gasteiger partial charge in [-0.05, 0) is 12.0 Å². The van der Waals surface area contributed by atoms with Gasteiger partial charge < -0.3 is 5.11 Å². The van der Waals surface area contributed by atoms with Gasteiger partial charge >= 0.3 is 5.97 Å². The van der Waals surface area contributed by atoms with Crippen molar-refractivity contribution in [2.24, 2.45) is 11.8 Å². The first kappa shape index (κ1) is 13.9. The first-order valence-electron chi connectivity index (χ1n) is 5.66. The maximum Gasteiger partial charge on any atom is 0.308 e. The molecule has 2 heterocycles. The van der Waals surface area contributed by atoms with E-state index in [9.17, 15) is 17.6 Å². The second kappa shape index (κ2) is 4.86. The zero-order chi connectivity index (χ0) is 14.2. The Hall–Kier alpha value is -1.54. The highest BCUT2D eigenvalue weighted by Gasteiger charge is 2.40. The largest absolute Gasteiger partial charge is 0.481 e. The third kappa shape index (κ3) is 2.59. The molecule has 2 atom stereocenters. The zero-order valence-corrected chi connectivity index (χ0v) is 11.0. The summed E-state index contributed by atoms with van der Waals surface area (Å²) < 4.78 is 38.5. The summed E-state index contributed by atoms with van der Waals surface area (Å²) in [6, 6.07) is 0.876. The topological polar surface area (TPSA) is 87.6 Å². The van der Waals surface area contributed by atoms with Crippen LogP contribution >= 0.6 is 0 Å². The normalized spacial score (nSPS) is 24.5. The maximum atomic E-state index is 13.0. The fourth-order valence-corrected chi connectivity index (χ4v) is 3.66. The predicted molar refractivity (Wildman–Crippen MR) is 63.2 cm³/mol. The molecule has 104 valence electrons. The number of hydrogen-bond acceptors (Lipinski definition) is 4. The van der Waals surface area contributed by atoms with Gasteiger partial charge in [-0.3, -0.25) is 9.78 Å². The van der Waals surface area contributed by atoms with Crippen LogP contribution in [0.25, 0.3) is 0 Å². The Kier molecular flexibility index (Phi) is 3.55. The van der Waals surface area contributed by atoms with Crippen LogP contribution < -0.4 is 0 Å². The van der Waals surface area contributed by atoms with Gasteiger partial charge in [-0.15, -0.1) is 0 Å². The molecule has 0 aromatic carbocycles. The molecule has 0 radical (unpaired) electrons. The fourth-order valence-electron chi connectivity index (χ4n) is 2.12. The molecule has 0 saturated carbocycles. The minimum Gasteiger partial charge on any atom is -0.481 e. The smallest absolute Gasteiger partial charge is 0.308 e. The molecular formula is C11H13FN2O4S. The van der Waals surface area contributed by atoms with Crippen molar-refractivity contribution in [2.75, 3.05) is 13.1 Å². The third-order valence-electron chi connectivity index (χ3n) is 3.21. The van der Waals surface area contributed by atoms with E-state index in [-0.39, 0.29) is 23.9 Å². The summed E-state index contributed by atoms with van der Waals surface area (Å²) in [4.78, 5) is 14.2. The summed E-state index contributed by atoms with van der Waals surface area (Å²) >= 11 is 0. The van der Waals surface area contributed by atoms with Crippen LogP contribution in [0.5, 0.6) is 0 Å². The number of carboxylic acids is 1. The number of halogens is 1. The van der Waals surface area contributed by atoms with Crippen LogP contribution in [0.1, 0.15) is 6.92 Å². The Bertz CT molecular complexity index is 604. The molecule has 2 rings (SSSR count). The number of hydrogen-bond donors (Lipinski definition) is 1. The summed E-state index contributed by atoms with van der Waals surface area (Å²) in [6.07, 6.45) is 1.96. The van der Waals surface area contributed by atoms with Crippen molar-refractivity contribution in [2.45, 2.75) is 11.8 Å². The van der Waals surface area contributed by atoms with Crippen molar-refractivity contribution in [3.8, 4) is 0 Å². The van der Waals surface area contributed by atoms with Crippen molar-refractivity contribution < 1.29 is 22.7 Å². The molecule has 1 aromatic rings. The molecule has 0 bridgehead atoms. The van der Waals surface area contributed by atoms with Crippen LogP contribution in [0.3, 0.4) is 0 Å². The zero-order valence-electron chi connectivity index (χ0n) is 10.2. The highest BCUT2D eigenvalue weighted by Crippen LogP contribution is 2.28. The molecule has 0 amide bonds. The first-order chi connectivity index (χ1) is 8.82. The van der Waals surface area contributed by atoms with Crippen LogP contribution in [0.15, 0.2) is 23.4 Å². The lowest BCUT2D eigenvalue weighted by molar-refractivity contribution is -0.142. The van der Waals surface area contributed by atoms with Gasteiger partial charge in [-0.2, -0.15) is 4.31 Å². The molecule has 1 saturated heterocycles. The first-order valence-corrected chi connectivity index (χ1v) is 7.10. The molecular weight excluding hydrogens is 275 g/mol. The molecule has 2 unspecified atom stereocenters. The van der Waals surface area contributed by atoms with Crippen LogP contribution in [0.2, 0.25) is 0 Å². The van der Waals surface area contributed by atoms with Crippen LogP contribution in [-0.4, -0.2) is 41.9 Å². The van der Waals surface area contributed by atoms with Crippen LogP contribution in [0, 0.1) is 17.7 Å². The predicted octanol–water partition coefficient (Wildman–Crippen LogP) is 0.562. The summed E-state index contributed by atoms with van der Waals surface area (Å²) in [7, 11) is -3.89. The quantitative estimate of drug-likeness (QED) is 0.878. The summed E-state index contributed by atoms with van der Waals surface area (Å²) in [5.74, 6) is -2.80. The van der Waals surface area contributed by atoms with E-state index >= 15 is 0 Å². The van der Waals surface area contributed by atoms with Gasteiger partial charge in [0, 0.05) is 19.3 Å². The van der Waals surface area contributed by atoms with Gasteiger partial charge in [0.1, 0.15) is 10.7 Å². The highest BCUT2D eigenvalue weighted by molar-refractivity contribution is 7.89. The van der Waals surface area contributed by atoms with E-state index in [1.54, 1.807) is 6.92 Å². The molecule has 1 fully saturated rings. The Labute approximate surface area is 109 Å². The molecule has 6 nitrogen and oxygen atoms in total. The van der Waals surface area contributed by atoms with E-state index in [4.69, 9.17) is 5.11 Å². The molecule has 0 spiro atoms. The minimum atomic E-state index is -3.89. The van der Waals surface area contributed by atoms with E-state index in [2.05, 4.69) is 4.98 Å². The molecule has 1 aromatic heterocycles. The summed E-state index contributed by atoms with van der Waals surface area (Å²) in [6.45, 7) is 1.68. The standard InChI is InChI=1S/C11H13FN2O4S/c1-7-5-14(6-10(7)11(15)16)19(17,18)9-2-8(12)3-13-4-9/h2-4,7,10H,5-6H2,1H3,(H,15,16). The van der Waals surface area contributed by atoms with Crippen molar-refractivity contribution >= 4 is 16.0 Å². The summed E-state index contributed by atoms with van der Waals surface area (Å²) in [5.41, 5.74) is 0. The third-order valence-corrected chi connectivity index (χ3v) is 5.01. The molecule has 1 aliphatic rings. The number of aromatic nitrogens is 1. The number of carbonyl (C=O) groups is 1. The molecule has 1 N–H and O–H groups in total. The monoisotopic (exact) mass is 288 g/mol. The van der Waals surface area contributed by atoms with Crippen LogP contribution in [0.4, 0.5) is 4.39 Å². The van der Waals surface area contributed by atoms with Gasteiger partial charge in [0.15, 0.2) is 0 Å². The van der Waals surface area contributed by atoms with E-state index < -0.39 is 27.7 Å². The Morgan fingerprint density at radius 1 is 1.47 bits per heavy atom. The number of nitrogens with zero attached hydrogens (tertiary/aromatic N) is 2. The molecule has 19 heavy (non-hydrogen) atoms. The SMILES string of the molecule is CC1CN(S(=O)(=O)c2cncc(F)c2)CC1C(=O)O. The second-order valence-corrected chi connectivity index (χ2v) is 6.52. The lowest BCUT2D eigenvalue weighted by atomic mass is 9.99. The molecule has 8 heteroatoms. The maximum absolute atomic E-state index is 13.0. The average molecular weight is 288 g/mol. The van der Waals surface area contributed by atoms with Gasteiger partial charge in [0.05, 0.1) is 12.1 Å². The van der Waals surface area contributed by atoms with Crippen molar-refractivity contribution in [1.29, 1.82) is 0 Å². The molecule has 0 aliphatic carbocycles. The highest BCUT2D eigenvalue weighted by atomic mass is 32.2. The number of aliphatic carboxylic acids is 1. The Morgan fingerprint density at radius 3 is 2.68 bits per heavy atom. The van der Waals surface area contributed by atoms with Gasteiger partial charge in [-0.25, -0.2) is 12.8 Å². The average Bonchev–Trinajstić information content (AvgIpc) is 2.72. The van der Waals surface area contributed by atoms with Gasteiger partial charge in [0.2, 0.25) is 10.0 Å². The van der Waals surface area contributed by atoms with Gasteiger partial charge in [0.25, 0.3) is 0 Å². The van der Waals surface area contributed by atoms with Crippen molar-refractivity contribution in [3.63, 3.8) is 0 Å². The van der Waals surface area contributed by atoms with E-state index in [0.29, 0.717) is 0 Å². The summed E-state index contributed by atoms with van der Waals surface area (Å²) in [5, 5.41) is 8.99. The van der Waals surface area contributed by atoms with Gasteiger partial charge in [-0.1, -0.05) is 6.92 Å². The van der Waals surface area contributed by atoms with E-state index in [0.717, 1.165) is 22.8 Å². The number of rotatable bonds is 3. The molecule has 1 aliphatic heterocycles. The van der Waals surface area contributed by atoms with Crippen molar-refractivity contribution in [1.82, 2.24) is 9.29 Å². The van der Waals surface area contributed by atoms with Crippen LogP contribution in [-0.2, 0) is 14.8 Å². The lowest BCUT2D eigenvalue weighted by Crippen LogP contribution is -2.30. The second-order valence-electron chi connectivity index (χ2n) is 4.58. The number of sulfonamides is 1. The number of carboxylic acid groups (broad SMARTS) is 1. The van der Waals surface area contributed by atoms with E-state index in [1.807, 2.05) is 0 Å². The van der Waals surface area contributed by atoms with Crippen molar-refractivity contribution in [3.05, 3.63) is 24.3 Å².